The van der Waals surface area contributed by atoms with Gasteiger partial charge in [0.25, 0.3) is 0 Å². The molecule has 6 N–H and O–H groups in total. The van der Waals surface area contributed by atoms with Crippen LogP contribution in [0, 0.1) is 31.6 Å². The average Bonchev–Trinajstić information content (AvgIpc) is 3.13. The van der Waals surface area contributed by atoms with Gasteiger partial charge in [-0.25, -0.2) is 4.98 Å². The predicted octanol–water partition coefficient (Wildman–Crippen LogP) is 5.14. The van der Waals surface area contributed by atoms with Crippen molar-refractivity contribution in [2.75, 3.05) is 11.1 Å². The number of nitrogens with zero attached hydrogens (tertiary/aromatic N) is 2. The standard InChI is InChI=1S/C25H38N6O.ClH/c1-15-21(16(2)31-30-15)19-13-14-20(28-24(19)27)29-25(32)23(26)22(17-9-5-3-6-10-17)18-11-7-4-8-12-18;/h13-14,17-18,22-23H,3-12,26H2,1-2H3,(H,30,31)(H3,27,28,29,32);1H/t23-;/m0./s1. The number of amides is 1. The summed E-state index contributed by atoms with van der Waals surface area (Å²) < 4.78 is 0. The summed E-state index contributed by atoms with van der Waals surface area (Å²) in [6.45, 7) is 3.89. The second kappa shape index (κ2) is 11.3. The number of hydrogen-bond donors (Lipinski definition) is 4. The number of aryl methyl sites for hydroxylation is 2. The summed E-state index contributed by atoms with van der Waals surface area (Å²) in [6.07, 6.45) is 12.4. The van der Waals surface area contributed by atoms with Crippen molar-refractivity contribution in [3.63, 3.8) is 0 Å². The van der Waals surface area contributed by atoms with Crippen LogP contribution >= 0.6 is 12.4 Å². The van der Waals surface area contributed by atoms with Gasteiger partial charge in [0, 0.05) is 16.8 Å². The van der Waals surface area contributed by atoms with E-state index in [9.17, 15) is 4.79 Å². The Bertz CT molecular complexity index is 895. The second-order valence-corrected chi connectivity index (χ2v) is 9.83. The molecule has 1 amide bonds. The number of rotatable bonds is 6. The van der Waals surface area contributed by atoms with Gasteiger partial charge in [0.15, 0.2) is 0 Å². The molecule has 8 heteroatoms. The molecule has 0 radical (unpaired) electrons. The highest BCUT2D eigenvalue weighted by molar-refractivity contribution is 5.94. The number of anilines is 2. The number of hydrogen-bond acceptors (Lipinski definition) is 5. The lowest BCUT2D eigenvalue weighted by Gasteiger charge is -2.40. The maximum Gasteiger partial charge on any atom is 0.242 e. The largest absolute Gasteiger partial charge is 0.383 e. The zero-order chi connectivity index (χ0) is 22.7. The van der Waals surface area contributed by atoms with Crippen LogP contribution in [-0.4, -0.2) is 27.1 Å². The molecule has 0 aromatic carbocycles. The molecule has 0 aliphatic heterocycles. The molecule has 2 aromatic heterocycles. The van der Waals surface area contributed by atoms with Crippen LogP contribution in [0.5, 0.6) is 0 Å². The maximum atomic E-state index is 13.2. The predicted molar refractivity (Wildman–Crippen MR) is 136 cm³/mol. The fourth-order valence-electron chi connectivity index (χ4n) is 6.10. The smallest absolute Gasteiger partial charge is 0.242 e. The first-order chi connectivity index (χ1) is 15.5. The summed E-state index contributed by atoms with van der Waals surface area (Å²) in [5, 5.41) is 10.2. The van der Waals surface area contributed by atoms with Gasteiger partial charge in [-0.2, -0.15) is 5.10 Å². The Morgan fingerprint density at radius 3 is 2.09 bits per heavy atom. The molecule has 2 aliphatic rings. The Labute approximate surface area is 203 Å². The molecule has 2 fully saturated rings. The number of aromatic amines is 1. The number of H-pyrrole nitrogens is 1. The second-order valence-electron chi connectivity index (χ2n) is 9.83. The van der Waals surface area contributed by atoms with Crippen LogP contribution in [0.4, 0.5) is 11.6 Å². The summed E-state index contributed by atoms with van der Waals surface area (Å²) in [4.78, 5) is 17.7. The molecular formula is C25H39ClN6O. The van der Waals surface area contributed by atoms with Gasteiger partial charge >= 0.3 is 0 Å². The first-order valence-electron chi connectivity index (χ1n) is 12.3. The molecule has 33 heavy (non-hydrogen) atoms. The van der Waals surface area contributed by atoms with Gasteiger partial charge in [-0.05, 0) is 43.7 Å². The van der Waals surface area contributed by atoms with E-state index in [2.05, 4.69) is 20.5 Å². The highest BCUT2D eigenvalue weighted by atomic mass is 35.5. The van der Waals surface area contributed by atoms with E-state index in [4.69, 9.17) is 11.5 Å². The minimum Gasteiger partial charge on any atom is -0.383 e. The van der Waals surface area contributed by atoms with Crippen LogP contribution < -0.4 is 16.8 Å². The number of nitrogens with two attached hydrogens (primary N) is 2. The van der Waals surface area contributed by atoms with Crippen LogP contribution in [-0.2, 0) is 4.79 Å². The number of pyridine rings is 1. The number of nitrogen functional groups attached to an aromatic ring is 1. The fraction of sp³-hybridized carbons (Fsp3) is 0.640. The first kappa shape index (κ1) is 25.5. The third kappa shape index (κ3) is 5.69. The molecule has 0 spiro atoms. The zero-order valence-electron chi connectivity index (χ0n) is 19.9. The van der Waals surface area contributed by atoms with Crippen molar-refractivity contribution in [2.24, 2.45) is 23.5 Å². The fourth-order valence-corrected chi connectivity index (χ4v) is 6.10. The highest BCUT2D eigenvalue weighted by Gasteiger charge is 2.38. The van der Waals surface area contributed by atoms with Gasteiger partial charge in [-0.3, -0.25) is 9.89 Å². The van der Waals surface area contributed by atoms with Gasteiger partial charge < -0.3 is 16.8 Å². The molecule has 2 aromatic rings. The van der Waals surface area contributed by atoms with Crippen molar-refractivity contribution in [3.05, 3.63) is 23.5 Å². The van der Waals surface area contributed by atoms with E-state index in [1.165, 1.54) is 64.2 Å². The van der Waals surface area contributed by atoms with Crippen molar-refractivity contribution in [3.8, 4) is 11.1 Å². The van der Waals surface area contributed by atoms with E-state index in [0.29, 0.717) is 23.5 Å². The third-order valence-corrected chi connectivity index (χ3v) is 7.68. The monoisotopic (exact) mass is 474 g/mol. The Morgan fingerprint density at radius 2 is 1.61 bits per heavy atom. The van der Waals surface area contributed by atoms with Crippen molar-refractivity contribution in [1.82, 2.24) is 15.2 Å². The lowest BCUT2D eigenvalue weighted by molar-refractivity contribution is -0.120. The Balaban J connectivity index is 0.00000306. The molecule has 182 valence electrons. The lowest BCUT2D eigenvalue weighted by atomic mass is 9.66. The van der Waals surface area contributed by atoms with Crippen molar-refractivity contribution in [1.29, 1.82) is 0 Å². The van der Waals surface area contributed by atoms with Crippen LogP contribution in [0.2, 0.25) is 0 Å². The van der Waals surface area contributed by atoms with E-state index >= 15 is 0 Å². The summed E-state index contributed by atoms with van der Waals surface area (Å²) >= 11 is 0. The van der Waals surface area contributed by atoms with Gasteiger partial charge in [0.2, 0.25) is 5.91 Å². The number of halogens is 1. The van der Waals surface area contributed by atoms with E-state index in [-0.39, 0.29) is 24.2 Å². The minimum absolute atomic E-state index is 0. The topological polar surface area (TPSA) is 123 Å². The van der Waals surface area contributed by atoms with Crippen molar-refractivity contribution < 1.29 is 4.79 Å². The summed E-state index contributed by atoms with van der Waals surface area (Å²) in [5.41, 5.74) is 16.5. The third-order valence-electron chi connectivity index (χ3n) is 7.68. The van der Waals surface area contributed by atoms with Crippen LogP contribution in [0.25, 0.3) is 11.1 Å². The van der Waals surface area contributed by atoms with Crippen molar-refractivity contribution >= 4 is 29.9 Å². The van der Waals surface area contributed by atoms with E-state index in [1.54, 1.807) is 6.07 Å². The molecule has 0 bridgehead atoms. The van der Waals surface area contributed by atoms with Crippen LogP contribution in [0.1, 0.15) is 75.6 Å². The van der Waals surface area contributed by atoms with Crippen LogP contribution in [0.3, 0.4) is 0 Å². The van der Waals surface area contributed by atoms with Gasteiger partial charge in [0.1, 0.15) is 11.6 Å². The highest BCUT2D eigenvalue weighted by Crippen LogP contribution is 2.41. The van der Waals surface area contributed by atoms with E-state index in [0.717, 1.165) is 22.5 Å². The van der Waals surface area contributed by atoms with Gasteiger partial charge in [-0.1, -0.05) is 64.2 Å². The molecule has 0 unspecified atom stereocenters. The van der Waals surface area contributed by atoms with Gasteiger partial charge in [0.05, 0.1) is 11.7 Å². The molecule has 1 atom stereocenters. The molecule has 0 saturated heterocycles. The van der Waals surface area contributed by atoms with Crippen LogP contribution in [0.15, 0.2) is 12.1 Å². The Kier molecular flexibility index (Phi) is 8.76. The summed E-state index contributed by atoms with van der Waals surface area (Å²) in [7, 11) is 0. The van der Waals surface area contributed by atoms with E-state index in [1.807, 2.05) is 19.9 Å². The summed E-state index contributed by atoms with van der Waals surface area (Å²) in [6, 6.07) is 3.19. The molecule has 7 nitrogen and oxygen atoms in total. The number of carbonyl (C=O) groups excluding carboxylic acids is 1. The van der Waals surface area contributed by atoms with Gasteiger partial charge in [-0.15, -0.1) is 12.4 Å². The Morgan fingerprint density at radius 1 is 1.03 bits per heavy atom. The normalized spacial score (nSPS) is 18.7. The molecule has 2 saturated carbocycles. The number of carbonyl (C=O) groups is 1. The first-order valence-corrected chi connectivity index (χ1v) is 12.3. The summed E-state index contributed by atoms with van der Waals surface area (Å²) in [5.74, 6) is 2.06. The average molecular weight is 475 g/mol. The quantitative estimate of drug-likeness (QED) is 0.461. The molecule has 2 aliphatic carbocycles. The molecular weight excluding hydrogens is 436 g/mol. The zero-order valence-corrected chi connectivity index (χ0v) is 20.7. The van der Waals surface area contributed by atoms with Crippen molar-refractivity contribution in [2.45, 2.75) is 84.1 Å². The molecule has 2 heterocycles. The maximum absolute atomic E-state index is 13.2. The SMILES string of the molecule is Cc1n[nH]c(C)c1-c1ccc(NC(=O)[C@@H](N)C(C2CCCCC2)C2CCCCC2)nc1N.Cl. The Hall–Kier alpha value is -2.12. The lowest BCUT2D eigenvalue weighted by Crippen LogP contribution is -2.48. The molecule has 4 rings (SSSR count). The van der Waals surface area contributed by atoms with E-state index < -0.39 is 6.04 Å². The minimum atomic E-state index is -0.512. The number of aromatic nitrogens is 3. The number of nitrogens with one attached hydrogen (secondary N) is 2.